The summed E-state index contributed by atoms with van der Waals surface area (Å²) < 4.78 is 0. The minimum Gasteiger partial charge on any atom is -0.479 e. The van der Waals surface area contributed by atoms with Crippen LogP contribution in [-0.4, -0.2) is 34.7 Å². The van der Waals surface area contributed by atoms with E-state index in [2.05, 4.69) is 5.32 Å². The molecule has 1 amide bonds. The predicted octanol–water partition coefficient (Wildman–Crippen LogP) is 1.49. The zero-order valence-electron chi connectivity index (χ0n) is 9.90. The van der Waals surface area contributed by atoms with Crippen molar-refractivity contribution in [2.45, 2.75) is 18.9 Å². The molecule has 0 saturated heterocycles. The topological polar surface area (TPSA) is 86.6 Å². The third-order valence-corrected chi connectivity index (χ3v) is 3.11. The zero-order chi connectivity index (χ0) is 14.4. The van der Waals surface area contributed by atoms with Gasteiger partial charge in [0.05, 0.1) is 16.5 Å². The van der Waals surface area contributed by atoms with Gasteiger partial charge in [-0.15, -0.1) is 0 Å². The van der Waals surface area contributed by atoms with Gasteiger partial charge in [-0.2, -0.15) is 0 Å². The first kappa shape index (κ1) is 15.8. The molecule has 1 aromatic rings. The molecule has 0 spiro atoms. The van der Waals surface area contributed by atoms with Crippen molar-refractivity contribution in [2.75, 3.05) is 6.54 Å². The van der Waals surface area contributed by atoms with Crippen LogP contribution in [0.4, 0.5) is 0 Å². The molecule has 0 saturated carbocycles. The van der Waals surface area contributed by atoms with Crippen LogP contribution < -0.4 is 5.32 Å². The summed E-state index contributed by atoms with van der Waals surface area (Å²) in [6.45, 7) is 0.0909. The van der Waals surface area contributed by atoms with Gasteiger partial charge >= 0.3 is 5.97 Å². The van der Waals surface area contributed by atoms with Crippen molar-refractivity contribution in [3.63, 3.8) is 0 Å². The summed E-state index contributed by atoms with van der Waals surface area (Å²) in [6, 6.07) is 4.87. The highest BCUT2D eigenvalue weighted by Crippen LogP contribution is 2.22. The van der Waals surface area contributed by atoms with Crippen molar-refractivity contribution in [3.8, 4) is 0 Å². The van der Waals surface area contributed by atoms with Crippen LogP contribution in [0.25, 0.3) is 0 Å². The summed E-state index contributed by atoms with van der Waals surface area (Å²) in [6.07, 6.45) is -1.40. The maximum absolute atomic E-state index is 11.5. The molecule has 1 aromatic carbocycles. The van der Waals surface area contributed by atoms with Gasteiger partial charge in [0.2, 0.25) is 5.91 Å². The Labute approximate surface area is 120 Å². The Hall–Kier alpha value is -1.30. The number of rotatable bonds is 6. The van der Waals surface area contributed by atoms with E-state index in [1.165, 1.54) is 0 Å². The minimum absolute atomic E-state index is 0.0392. The number of aliphatic hydroxyl groups is 1. The number of aliphatic carboxylic acids is 1. The molecule has 0 bridgehead atoms. The Balaban J connectivity index is 2.39. The van der Waals surface area contributed by atoms with Crippen LogP contribution in [0.3, 0.4) is 0 Å². The van der Waals surface area contributed by atoms with Gasteiger partial charge in [-0.1, -0.05) is 29.3 Å². The van der Waals surface area contributed by atoms with Crippen LogP contribution >= 0.6 is 23.2 Å². The van der Waals surface area contributed by atoms with Gasteiger partial charge < -0.3 is 15.5 Å². The molecule has 7 heteroatoms. The van der Waals surface area contributed by atoms with E-state index in [1.807, 2.05) is 0 Å². The molecule has 1 atom stereocenters. The number of benzene rings is 1. The fourth-order valence-corrected chi connectivity index (χ4v) is 1.69. The molecule has 19 heavy (non-hydrogen) atoms. The first-order valence-corrected chi connectivity index (χ1v) is 6.27. The van der Waals surface area contributed by atoms with E-state index in [4.69, 9.17) is 33.4 Å². The molecule has 104 valence electrons. The lowest BCUT2D eigenvalue weighted by Crippen LogP contribution is -2.30. The number of hydrogen-bond acceptors (Lipinski definition) is 3. The van der Waals surface area contributed by atoms with Crippen molar-refractivity contribution in [1.82, 2.24) is 5.32 Å². The van der Waals surface area contributed by atoms with E-state index in [0.29, 0.717) is 15.6 Å². The summed E-state index contributed by atoms with van der Waals surface area (Å²) in [5.41, 5.74) is 0.700. The zero-order valence-corrected chi connectivity index (χ0v) is 11.4. The van der Waals surface area contributed by atoms with Crippen molar-refractivity contribution in [3.05, 3.63) is 33.8 Å². The summed E-state index contributed by atoms with van der Waals surface area (Å²) in [5.74, 6) is -1.59. The maximum atomic E-state index is 11.5. The fourth-order valence-electron chi connectivity index (χ4n) is 1.37. The molecule has 0 fully saturated rings. The highest BCUT2D eigenvalue weighted by atomic mass is 35.5. The number of carbonyl (C=O) groups is 2. The Morgan fingerprint density at radius 3 is 2.53 bits per heavy atom. The van der Waals surface area contributed by atoms with Gasteiger partial charge in [0, 0.05) is 13.0 Å². The number of hydrogen-bond donors (Lipinski definition) is 3. The Morgan fingerprint density at radius 2 is 1.95 bits per heavy atom. The molecule has 3 N–H and O–H groups in total. The van der Waals surface area contributed by atoms with Crippen LogP contribution in [0.15, 0.2) is 18.2 Å². The molecule has 0 aliphatic carbocycles. The molecule has 0 aliphatic heterocycles. The molecule has 5 nitrogen and oxygen atoms in total. The first-order chi connectivity index (χ1) is 8.90. The normalized spacial score (nSPS) is 11.9. The maximum Gasteiger partial charge on any atom is 0.332 e. The number of carboxylic acids is 1. The third-order valence-electron chi connectivity index (χ3n) is 2.37. The quantitative estimate of drug-likeness (QED) is 0.743. The molecule has 1 rings (SSSR count). The Kier molecular flexibility index (Phi) is 6.08. The highest BCUT2D eigenvalue weighted by molar-refractivity contribution is 6.42. The van der Waals surface area contributed by atoms with Crippen LogP contribution in [-0.2, 0) is 16.0 Å². The van der Waals surface area contributed by atoms with E-state index in [0.717, 1.165) is 0 Å². The van der Waals surface area contributed by atoms with Crippen LogP contribution in [0.1, 0.15) is 12.0 Å². The standard InChI is InChI=1S/C12H13Cl2NO4/c13-8-2-1-7(5-9(8)14)6-11(17)15-4-3-10(16)12(18)19/h1-2,5,10,16H,3-4,6H2,(H,15,17)(H,18,19)/t10-/m0/s1. The predicted molar refractivity (Wildman–Crippen MR) is 71.4 cm³/mol. The van der Waals surface area contributed by atoms with Crippen molar-refractivity contribution in [1.29, 1.82) is 0 Å². The minimum atomic E-state index is -1.47. The van der Waals surface area contributed by atoms with Crippen molar-refractivity contribution in [2.24, 2.45) is 0 Å². The van der Waals surface area contributed by atoms with Gasteiger partial charge in [0.25, 0.3) is 0 Å². The monoisotopic (exact) mass is 305 g/mol. The number of carboxylic acid groups (broad SMARTS) is 1. The molecule has 0 aromatic heterocycles. The summed E-state index contributed by atoms with van der Waals surface area (Å²) in [4.78, 5) is 21.9. The summed E-state index contributed by atoms with van der Waals surface area (Å²) in [7, 11) is 0. The smallest absolute Gasteiger partial charge is 0.332 e. The van der Waals surface area contributed by atoms with Crippen LogP contribution in [0, 0.1) is 0 Å². The van der Waals surface area contributed by atoms with Gasteiger partial charge in [-0.25, -0.2) is 4.79 Å². The van der Waals surface area contributed by atoms with Crippen molar-refractivity contribution >= 4 is 35.1 Å². The largest absolute Gasteiger partial charge is 0.479 e. The lowest BCUT2D eigenvalue weighted by Gasteiger charge is -2.08. The molecule has 0 heterocycles. The van der Waals surface area contributed by atoms with Gasteiger partial charge in [-0.3, -0.25) is 4.79 Å². The van der Waals surface area contributed by atoms with E-state index >= 15 is 0 Å². The number of amides is 1. The fraction of sp³-hybridized carbons (Fsp3) is 0.333. The van der Waals surface area contributed by atoms with E-state index < -0.39 is 12.1 Å². The van der Waals surface area contributed by atoms with Gasteiger partial charge in [0.15, 0.2) is 6.10 Å². The second kappa shape index (κ2) is 7.33. The first-order valence-electron chi connectivity index (χ1n) is 5.51. The highest BCUT2D eigenvalue weighted by Gasteiger charge is 2.13. The Bertz CT molecular complexity index is 479. The molecule has 0 unspecified atom stereocenters. The number of halogens is 2. The lowest BCUT2D eigenvalue weighted by molar-refractivity contribution is -0.147. The van der Waals surface area contributed by atoms with Gasteiger partial charge in [-0.05, 0) is 17.7 Å². The number of nitrogens with one attached hydrogen (secondary N) is 1. The van der Waals surface area contributed by atoms with Gasteiger partial charge in [0.1, 0.15) is 0 Å². The third kappa shape index (κ3) is 5.46. The molecule has 0 radical (unpaired) electrons. The van der Waals surface area contributed by atoms with Crippen LogP contribution in [0.2, 0.25) is 10.0 Å². The van der Waals surface area contributed by atoms with Crippen LogP contribution in [0.5, 0.6) is 0 Å². The van der Waals surface area contributed by atoms with Crippen molar-refractivity contribution < 1.29 is 19.8 Å². The lowest BCUT2D eigenvalue weighted by atomic mass is 10.1. The average Bonchev–Trinajstić information content (AvgIpc) is 2.33. The molecular weight excluding hydrogens is 293 g/mol. The average molecular weight is 306 g/mol. The SMILES string of the molecule is O=C(Cc1ccc(Cl)c(Cl)c1)NCC[C@H](O)C(=O)O. The Morgan fingerprint density at radius 1 is 1.26 bits per heavy atom. The molecule has 0 aliphatic rings. The van der Waals surface area contributed by atoms with E-state index in [-0.39, 0.29) is 25.3 Å². The second-order valence-corrected chi connectivity index (χ2v) is 4.73. The van der Waals surface area contributed by atoms with E-state index in [1.54, 1.807) is 18.2 Å². The number of carbonyl (C=O) groups excluding carboxylic acids is 1. The summed E-state index contributed by atoms with van der Waals surface area (Å²) in [5, 5.41) is 20.8. The van der Waals surface area contributed by atoms with E-state index in [9.17, 15) is 9.59 Å². The summed E-state index contributed by atoms with van der Waals surface area (Å²) >= 11 is 11.6. The molecular formula is C12H13Cl2NO4. The number of aliphatic hydroxyl groups excluding tert-OH is 1. The second-order valence-electron chi connectivity index (χ2n) is 3.92.